The molecule has 0 fully saturated rings. The summed E-state index contributed by atoms with van der Waals surface area (Å²) in [5.41, 5.74) is 1.41. The highest BCUT2D eigenvalue weighted by Crippen LogP contribution is 2.36. The average molecular weight is 339 g/mol. The standard InChI is InChI=1S/C10H6BrCl2NOS/c11-10-14-9(8(4-15)16-10)6-3-5(12)1-2-7(6)13/h1-3,15H,4H2. The predicted octanol–water partition coefficient (Wildman–Crippen LogP) is 4.37. The van der Waals surface area contributed by atoms with E-state index in [-0.39, 0.29) is 6.61 Å². The van der Waals surface area contributed by atoms with Gasteiger partial charge in [0.15, 0.2) is 3.92 Å². The number of rotatable bonds is 2. The van der Waals surface area contributed by atoms with Crippen LogP contribution in [0.25, 0.3) is 11.3 Å². The summed E-state index contributed by atoms with van der Waals surface area (Å²) in [6.45, 7) is -0.0680. The van der Waals surface area contributed by atoms with Crippen molar-refractivity contribution in [1.82, 2.24) is 4.98 Å². The van der Waals surface area contributed by atoms with Gasteiger partial charge in [-0.15, -0.1) is 11.3 Å². The van der Waals surface area contributed by atoms with Crippen molar-refractivity contribution < 1.29 is 5.11 Å². The molecule has 2 nitrogen and oxygen atoms in total. The second kappa shape index (κ2) is 5.02. The number of nitrogens with zero attached hydrogens (tertiary/aromatic N) is 1. The molecule has 0 unspecified atom stereocenters. The Morgan fingerprint density at radius 1 is 1.38 bits per heavy atom. The van der Waals surface area contributed by atoms with Gasteiger partial charge in [-0.1, -0.05) is 23.2 Å². The molecule has 1 aromatic heterocycles. The summed E-state index contributed by atoms with van der Waals surface area (Å²) in [6, 6.07) is 5.17. The van der Waals surface area contributed by atoms with Gasteiger partial charge in [0.2, 0.25) is 0 Å². The largest absolute Gasteiger partial charge is 0.391 e. The zero-order valence-electron chi connectivity index (χ0n) is 7.88. The van der Waals surface area contributed by atoms with Crippen molar-refractivity contribution in [3.8, 4) is 11.3 Å². The molecule has 2 rings (SSSR count). The molecule has 6 heteroatoms. The summed E-state index contributed by atoms with van der Waals surface area (Å²) in [5.74, 6) is 0. The van der Waals surface area contributed by atoms with E-state index in [0.29, 0.717) is 19.7 Å². The quantitative estimate of drug-likeness (QED) is 0.881. The van der Waals surface area contributed by atoms with E-state index in [1.54, 1.807) is 18.2 Å². The summed E-state index contributed by atoms with van der Waals surface area (Å²) in [4.78, 5) is 5.05. The molecule has 0 radical (unpaired) electrons. The van der Waals surface area contributed by atoms with E-state index in [1.165, 1.54) is 11.3 Å². The lowest BCUT2D eigenvalue weighted by molar-refractivity contribution is 0.286. The lowest BCUT2D eigenvalue weighted by Crippen LogP contribution is -1.86. The fraction of sp³-hybridized carbons (Fsp3) is 0.100. The zero-order valence-corrected chi connectivity index (χ0v) is 11.8. The van der Waals surface area contributed by atoms with Gasteiger partial charge in [-0.2, -0.15) is 0 Å². The topological polar surface area (TPSA) is 33.1 Å². The number of thiazole rings is 1. The number of hydrogen-bond donors (Lipinski definition) is 1. The van der Waals surface area contributed by atoms with Gasteiger partial charge in [0.25, 0.3) is 0 Å². The molecule has 0 aliphatic carbocycles. The van der Waals surface area contributed by atoms with Crippen molar-refractivity contribution in [2.45, 2.75) is 6.61 Å². The van der Waals surface area contributed by atoms with Crippen molar-refractivity contribution >= 4 is 50.5 Å². The first kappa shape index (κ1) is 12.3. The minimum absolute atomic E-state index is 0.0680. The SMILES string of the molecule is OCc1sc(Br)nc1-c1cc(Cl)ccc1Cl. The Morgan fingerprint density at radius 3 is 2.81 bits per heavy atom. The van der Waals surface area contributed by atoms with Gasteiger partial charge in [0, 0.05) is 10.6 Å². The van der Waals surface area contributed by atoms with Gasteiger partial charge >= 0.3 is 0 Å². The highest BCUT2D eigenvalue weighted by atomic mass is 79.9. The fourth-order valence-electron chi connectivity index (χ4n) is 1.32. The van der Waals surface area contributed by atoms with E-state index in [0.717, 1.165) is 10.4 Å². The molecule has 0 bridgehead atoms. The fourth-order valence-corrected chi connectivity index (χ4v) is 3.12. The highest BCUT2D eigenvalue weighted by molar-refractivity contribution is 9.11. The van der Waals surface area contributed by atoms with Crippen LogP contribution in [0, 0.1) is 0 Å². The van der Waals surface area contributed by atoms with Crippen LogP contribution < -0.4 is 0 Å². The van der Waals surface area contributed by atoms with E-state index < -0.39 is 0 Å². The molecule has 16 heavy (non-hydrogen) atoms. The van der Waals surface area contributed by atoms with E-state index in [2.05, 4.69) is 20.9 Å². The van der Waals surface area contributed by atoms with Crippen LogP contribution in [0.3, 0.4) is 0 Å². The summed E-state index contributed by atoms with van der Waals surface area (Å²) in [7, 11) is 0. The first-order chi connectivity index (χ1) is 7.61. The average Bonchev–Trinajstić information content (AvgIpc) is 2.63. The molecular weight excluding hydrogens is 333 g/mol. The molecule has 0 saturated heterocycles. The summed E-state index contributed by atoms with van der Waals surface area (Å²) in [6.07, 6.45) is 0. The van der Waals surface area contributed by atoms with Gasteiger partial charge in [-0.25, -0.2) is 4.98 Å². The third-order valence-electron chi connectivity index (χ3n) is 2.00. The van der Waals surface area contributed by atoms with Gasteiger partial charge in [0.1, 0.15) is 0 Å². The maximum Gasteiger partial charge on any atom is 0.160 e. The molecule has 1 aromatic carbocycles. The summed E-state index contributed by atoms with van der Waals surface area (Å²) < 4.78 is 0.711. The number of aliphatic hydroxyl groups is 1. The van der Waals surface area contributed by atoms with Crippen molar-refractivity contribution in [2.75, 3.05) is 0 Å². The molecule has 0 atom stereocenters. The third kappa shape index (κ3) is 2.41. The van der Waals surface area contributed by atoms with Crippen LogP contribution in [0.15, 0.2) is 22.1 Å². The normalized spacial score (nSPS) is 10.8. The monoisotopic (exact) mass is 337 g/mol. The van der Waals surface area contributed by atoms with Gasteiger partial charge in [-0.05, 0) is 34.1 Å². The molecule has 84 valence electrons. The van der Waals surface area contributed by atoms with Crippen LogP contribution in [0.1, 0.15) is 4.88 Å². The van der Waals surface area contributed by atoms with E-state index in [1.807, 2.05) is 0 Å². The van der Waals surface area contributed by atoms with Crippen LogP contribution in [0.2, 0.25) is 10.0 Å². The zero-order chi connectivity index (χ0) is 11.7. The second-order valence-electron chi connectivity index (χ2n) is 3.02. The number of benzene rings is 1. The van der Waals surface area contributed by atoms with Crippen LogP contribution in [-0.2, 0) is 6.61 Å². The molecule has 0 spiro atoms. The van der Waals surface area contributed by atoms with Gasteiger partial charge < -0.3 is 5.11 Å². The van der Waals surface area contributed by atoms with Crippen molar-refractivity contribution in [2.24, 2.45) is 0 Å². The molecular formula is C10H6BrCl2NOS. The lowest BCUT2D eigenvalue weighted by atomic mass is 10.1. The van der Waals surface area contributed by atoms with Gasteiger partial charge in [-0.3, -0.25) is 0 Å². The van der Waals surface area contributed by atoms with Crippen LogP contribution in [0.5, 0.6) is 0 Å². The Balaban J connectivity index is 2.61. The predicted molar refractivity (Wildman–Crippen MR) is 71.2 cm³/mol. The minimum Gasteiger partial charge on any atom is -0.391 e. The number of halogens is 3. The van der Waals surface area contributed by atoms with Crippen LogP contribution >= 0.6 is 50.5 Å². The summed E-state index contributed by atoms with van der Waals surface area (Å²) in [5, 5.41) is 10.4. The molecule has 0 aliphatic heterocycles. The minimum atomic E-state index is -0.0680. The molecule has 1 heterocycles. The number of aliphatic hydroxyl groups excluding tert-OH is 1. The summed E-state index contributed by atoms with van der Waals surface area (Å²) >= 11 is 16.7. The van der Waals surface area contributed by atoms with E-state index in [4.69, 9.17) is 23.2 Å². The van der Waals surface area contributed by atoms with Crippen molar-refractivity contribution in [3.63, 3.8) is 0 Å². The second-order valence-corrected chi connectivity index (χ2v) is 6.22. The van der Waals surface area contributed by atoms with E-state index in [9.17, 15) is 5.11 Å². The van der Waals surface area contributed by atoms with Crippen LogP contribution in [0.4, 0.5) is 0 Å². The van der Waals surface area contributed by atoms with Crippen molar-refractivity contribution in [3.05, 3.63) is 37.0 Å². The van der Waals surface area contributed by atoms with Gasteiger partial charge in [0.05, 0.1) is 22.2 Å². The Hall–Kier alpha value is -0.130. The Morgan fingerprint density at radius 2 is 2.12 bits per heavy atom. The molecule has 2 aromatic rings. The smallest absolute Gasteiger partial charge is 0.160 e. The molecule has 1 N–H and O–H groups in total. The Bertz CT molecular complexity index is 530. The van der Waals surface area contributed by atoms with E-state index >= 15 is 0 Å². The van der Waals surface area contributed by atoms with Crippen LogP contribution in [-0.4, -0.2) is 10.1 Å². The molecule has 0 amide bonds. The Labute approximate surface area is 115 Å². The first-order valence-electron chi connectivity index (χ1n) is 4.33. The lowest BCUT2D eigenvalue weighted by Gasteiger charge is -2.03. The number of hydrogen-bond acceptors (Lipinski definition) is 3. The first-order valence-corrected chi connectivity index (χ1v) is 6.70. The third-order valence-corrected chi connectivity index (χ3v) is 4.05. The molecule has 0 saturated carbocycles. The highest BCUT2D eigenvalue weighted by Gasteiger charge is 2.14. The maximum atomic E-state index is 9.23. The Kier molecular flexibility index (Phi) is 3.87. The van der Waals surface area contributed by atoms with Crippen molar-refractivity contribution in [1.29, 1.82) is 0 Å². The maximum absolute atomic E-state index is 9.23. The molecule has 0 aliphatic rings. The number of aromatic nitrogens is 1.